The molecule has 1 aliphatic rings. The lowest BCUT2D eigenvalue weighted by Gasteiger charge is -2.23. The largest absolute Gasteiger partial charge is 0.345 e. The van der Waals surface area contributed by atoms with Gasteiger partial charge in [0.2, 0.25) is 17.6 Å². The number of carbonyl (C=O) groups is 1. The third-order valence-corrected chi connectivity index (χ3v) is 4.83. The van der Waals surface area contributed by atoms with Crippen LogP contribution in [0.3, 0.4) is 0 Å². The first-order valence-electron chi connectivity index (χ1n) is 7.82. The quantitative estimate of drug-likeness (QED) is 0.860. The van der Waals surface area contributed by atoms with Crippen LogP contribution in [0.1, 0.15) is 25.3 Å². The van der Waals surface area contributed by atoms with E-state index in [2.05, 4.69) is 20.8 Å². The predicted octanol–water partition coefficient (Wildman–Crippen LogP) is 2.15. The number of benzene rings is 1. The molecule has 2 N–H and O–H groups in total. The highest BCUT2D eigenvalue weighted by Gasteiger charge is 2.21. The molecule has 2 aromatic rings. The number of carbonyl (C=O) groups excluding carboxylic acids is 1. The number of nitrogens with one attached hydrogen (secondary N) is 2. The van der Waals surface area contributed by atoms with Gasteiger partial charge in [0, 0.05) is 36.1 Å². The summed E-state index contributed by atoms with van der Waals surface area (Å²) in [5.74, 6) is 2.20. The Balaban J connectivity index is 1.59. The molecule has 2 unspecified atom stereocenters. The summed E-state index contributed by atoms with van der Waals surface area (Å²) in [5.41, 5.74) is 0.534. The van der Waals surface area contributed by atoms with Gasteiger partial charge in [-0.1, -0.05) is 17.3 Å². The van der Waals surface area contributed by atoms with Crippen molar-refractivity contribution in [3.63, 3.8) is 0 Å². The Morgan fingerprint density at radius 3 is 3.21 bits per heavy atom. The zero-order valence-corrected chi connectivity index (χ0v) is 14.1. The molecule has 128 valence electrons. The first kappa shape index (κ1) is 16.9. The Hall–Kier alpha value is -1.93. The van der Waals surface area contributed by atoms with Crippen molar-refractivity contribution in [1.82, 2.24) is 20.8 Å². The van der Waals surface area contributed by atoms with Crippen molar-refractivity contribution in [2.75, 3.05) is 18.1 Å². The zero-order valence-electron chi connectivity index (χ0n) is 13.3. The van der Waals surface area contributed by atoms with Gasteiger partial charge in [0.1, 0.15) is 11.9 Å². The Kier molecular flexibility index (Phi) is 5.47. The van der Waals surface area contributed by atoms with Crippen LogP contribution in [0.25, 0.3) is 11.4 Å². The smallest absolute Gasteiger partial charge is 0.249 e. The van der Waals surface area contributed by atoms with Crippen molar-refractivity contribution in [1.29, 1.82) is 0 Å². The van der Waals surface area contributed by atoms with Gasteiger partial charge < -0.3 is 15.2 Å². The van der Waals surface area contributed by atoms with Gasteiger partial charge in [-0.25, -0.2) is 4.39 Å². The fraction of sp³-hybridized carbons (Fsp3) is 0.438. The van der Waals surface area contributed by atoms with Crippen LogP contribution in [0.15, 0.2) is 28.8 Å². The van der Waals surface area contributed by atoms with Crippen LogP contribution in [0.4, 0.5) is 4.39 Å². The van der Waals surface area contributed by atoms with E-state index in [1.54, 1.807) is 19.1 Å². The van der Waals surface area contributed by atoms with Gasteiger partial charge >= 0.3 is 0 Å². The monoisotopic (exact) mass is 350 g/mol. The molecule has 1 aromatic carbocycles. The van der Waals surface area contributed by atoms with Crippen molar-refractivity contribution < 1.29 is 13.7 Å². The van der Waals surface area contributed by atoms with E-state index in [1.165, 1.54) is 12.1 Å². The van der Waals surface area contributed by atoms with Crippen LogP contribution >= 0.6 is 11.8 Å². The van der Waals surface area contributed by atoms with Gasteiger partial charge in [-0.15, -0.1) is 0 Å². The number of rotatable bonds is 5. The van der Waals surface area contributed by atoms with Crippen molar-refractivity contribution >= 4 is 17.7 Å². The van der Waals surface area contributed by atoms with Gasteiger partial charge in [0.15, 0.2) is 0 Å². The molecule has 1 amide bonds. The Labute approximate surface area is 143 Å². The SMILES string of the molecule is CC(NC(=O)CC1CSCCN1)c1nc(-c2cccc(F)c2)no1. The predicted molar refractivity (Wildman–Crippen MR) is 90.0 cm³/mol. The van der Waals surface area contributed by atoms with Gasteiger partial charge in [-0.3, -0.25) is 4.79 Å². The molecule has 1 saturated heterocycles. The van der Waals surface area contributed by atoms with Gasteiger partial charge in [-0.2, -0.15) is 16.7 Å². The van der Waals surface area contributed by atoms with E-state index >= 15 is 0 Å². The minimum Gasteiger partial charge on any atom is -0.345 e. The fourth-order valence-electron chi connectivity index (χ4n) is 2.49. The number of thioether (sulfide) groups is 1. The third kappa shape index (κ3) is 4.33. The number of halogens is 1. The van der Waals surface area contributed by atoms with E-state index in [9.17, 15) is 9.18 Å². The molecule has 0 aliphatic carbocycles. The summed E-state index contributed by atoms with van der Waals surface area (Å²) in [4.78, 5) is 16.4. The lowest BCUT2D eigenvalue weighted by molar-refractivity contribution is -0.122. The molecular weight excluding hydrogens is 331 g/mol. The molecule has 8 heteroatoms. The third-order valence-electron chi connectivity index (χ3n) is 3.70. The summed E-state index contributed by atoms with van der Waals surface area (Å²) in [5, 5.41) is 10.0. The molecule has 3 rings (SSSR count). The summed E-state index contributed by atoms with van der Waals surface area (Å²) in [6.07, 6.45) is 0.419. The number of amides is 1. The van der Waals surface area contributed by atoms with Crippen LogP contribution in [-0.4, -0.2) is 40.1 Å². The standard InChI is InChI=1S/C16H19FN4O2S/c1-10(19-14(22)8-13-9-24-6-5-18-13)16-20-15(21-23-16)11-3-2-4-12(17)7-11/h2-4,7,10,13,18H,5-6,8-9H2,1H3,(H,19,22). The first-order chi connectivity index (χ1) is 11.6. The highest BCUT2D eigenvalue weighted by Crippen LogP contribution is 2.19. The summed E-state index contributed by atoms with van der Waals surface area (Å²) in [7, 11) is 0. The number of hydrogen-bond acceptors (Lipinski definition) is 6. The Morgan fingerprint density at radius 2 is 2.46 bits per heavy atom. The van der Waals surface area contributed by atoms with E-state index < -0.39 is 6.04 Å². The summed E-state index contributed by atoms with van der Waals surface area (Å²) in [6, 6.07) is 5.77. The molecule has 0 spiro atoms. The van der Waals surface area contributed by atoms with Crippen LogP contribution < -0.4 is 10.6 Å². The highest BCUT2D eigenvalue weighted by atomic mass is 32.2. The van der Waals surface area contributed by atoms with Crippen molar-refractivity contribution in [2.45, 2.75) is 25.4 Å². The maximum absolute atomic E-state index is 13.3. The molecule has 2 atom stereocenters. The molecule has 1 fully saturated rings. The fourth-order valence-corrected chi connectivity index (χ4v) is 3.44. The van der Waals surface area contributed by atoms with Gasteiger partial charge in [0.25, 0.3) is 0 Å². The van der Waals surface area contributed by atoms with Crippen LogP contribution in [-0.2, 0) is 4.79 Å². The minimum atomic E-state index is -0.399. The first-order valence-corrected chi connectivity index (χ1v) is 8.97. The summed E-state index contributed by atoms with van der Waals surface area (Å²) >= 11 is 1.85. The topological polar surface area (TPSA) is 80.0 Å². The maximum atomic E-state index is 13.3. The number of hydrogen-bond donors (Lipinski definition) is 2. The van der Waals surface area contributed by atoms with Crippen molar-refractivity contribution in [3.05, 3.63) is 36.0 Å². The van der Waals surface area contributed by atoms with E-state index in [-0.39, 0.29) is 17.8 Å². The number of nitrogens with zero attached hydrogens (tertiary/aromatic N) is 2. The minimum absolute atomic E-state index is 0.0620. The van der Waals surface area contributed by atoms with Crippen LogP contribution in [0.2, 0.25) is 0 Å². The van der Waals surface area contributed by atoms with E-state index in [0.717, 1.165) is 18.1 Å². The highest BCUT2D eigenvalue weighted by molar-refractivity contribution is 7.99. The number of aromatic nitrogens is 2. The van der Waals surface area contributed by atoms with Crippen molar-refractivity contribution in [2.24, 2.45) is 0 Å². The average molecular weight is 350 g/mol. The van der Waals surface area contributed by atoms with Crippen LogP contribution in [0.5, 0.6) is 0 Å². The van der Waals surface area contributed by atoms with E-state index in [4.69, 9.17) is 4.52 Å². The second-order valence-corrected chi connectivity index (χ2v) is 6.84. The molecule has 1 aliphatic heterocycles. The lowest BCUT2D eigenvalue weighted by Crippen LogP contribution is -2.41. The lowest BCUT2D eigenvalue weighted by atomic mass is 10.2. The van der Waals surface area contributed by atoms with Gasteiger partial charge in [0.05, 0.1) is 0 Å². The maximum Gasteiger partial charge on any atom is 0.249 e. The molecule has 1 aromatic heterocycles. The van der Waals surface area contributed by atoms with E-state index in [0.29, 0.717) is 23.7 Å². The van der Waals surface area contributed by atoms with Gasteiger partial charge in [-0.05, 0) is 19.1 Å². The molecule has 6 nitrogen and oxygen atoms in total. The normalized spacial score (nSPS) is 19.0. The summed E-state index contributed by atoms with van der Waals surface area (Å²) in [6.45, 7) is 2.71. The van der Waals surface area contributed by atoms with Crippen LogP contribution in [0, 0.1) is 5.82 Å². The second-order valence-electron chi connectivity index (χ2n) is 5.69. The average Bonchev–Trinajstić information content (AvgIpc) is 3.06. The second kappa shape index (κ2) is 7.76. The molecule has 0 saturated carbocycles. The van der Waals surface area contributed by atoms with Crippen molar-refractivity contribution in [3.8, 4) is 11.4 Å². The summed E-state index contributed by atoms with van der Waals surface area (Å²) < 4.78 is 18.5. The van der Waals surface area contributed by atoms with E-state index in [1.807, 2.05) is 11.8 Å². The Morgan fingerprint density at radius 1 is 1.58 bits per heavy atom. The molecule has 0 radical (unpaired) electrons. The molecule has 2 heterocycles. The molecular formula is C16H19FN4O2S. The Bertz CT molecular complexity index is 703. The zero-order chi connectivity index (χ0) is 16.9. The molecule has 0 bridgehead atoms. The molecule has 24 heavy (non-hydrogen) atoms.